The highest BCUT2D eigenvalue weighted by molar-refractivity contribution is 8.00. The van der Waals surface area contributed by atoms with Crippen LogP contribution in [-0.2, 0) is 9.53 Å². The predicted molar refractivity (Wildman–Crippen MR) is 73.4 cm³/mol. The van der Waals surface area contributed by atoms with Gasteiger partial charge in [-0.3, -0.25) is 4.79 Å². The molecule has 0 amide bonds. The van der Waals surface area contributed by atoms with Crippen LogP contribution in [0.15, 0.2) is 29.2 Å². The zero-order valence-corrected chi connectivity index (χ0v) is 12.0. The number of carbonyl (C=O) groups is 1. The number of rotatable bonds is 4. The Morgan fingerprint density at radius 2 is 1.95 bits per heavy atom. The minimum atomic E-state index is -0.764. The van der Waals surface area contributed by atoms with Gasteiger partial charge in [-0.1, -0.05) is 13.8 Å². The fourth-order valence-corrected chi connectivity index (χ4v) is 3.06. The van der Waals surface area contributed by atoms with Crippen LogP contribution >= 0.6 is 11.8 Å². The van der Waals surface area contributed by atoms with Gasteiger partial charge in [0.2, 0.25) is 0 Å². The van der Waals surface area contributed by atoms with E-state index in [1.165, 1.54) is 11.8 Å². The maximum absolute atomic E-state index is 11.8. The van der Waals surface area contributed by atoms with Crippen molar-refractivity contribution in [1.29, 1.82) is 0 Å². The molecule has 19 heavy (non-hydrogen) atoms. The van der Waals surface area contributed by atoms with Crippen LogP contribution < -0.4 is 4.74 Å². The van der Waals surface area contributed by atoms with Crippen LogP contribution in [0.2, 0.25) is 0 Å². The van der Waals surface area contributed by atoms with Gasteiger partial charge in [-0.15, -0.1) is 11.8 Å². The van der Waals surface area contributed by atoms with Crippen molar-refractivity contribution >= 4 is 17.7 Å². The van der Waals surface area contributed by atoms with Gasteiger partial charge >= 0.3 is 5.97 Å². The summed E-state index contributed by atoms with van der Waals surface area (Å²) in [6, 6.07) is 7.39. The second kappa shape index (κ2) is 5.84. The van der Waals surface area contributed by atoms with Crippen molar-refractivity contribution in [2.45, 2.75) is 36.2 Å². The highest BCUT2D eigenvalue weighted by Gasteiger charge is 2.45. The Hall–Kier alpha value is -1.20. The van der Waals surface area contributed by atoms with Crippen molar-refractivity contribution in [3.8, 4) is 5.75 Å². The summed E-state index contributed by atoms with van der Waals surface area (Å²) in [4.78, 5) is 12.7. The minimum Gasteiger partial charge on any atom is -0.497 e. The third kappa shape index (κ3) is 3.04. The zero-order valence-electron chi connectivity index (χ0n) is 11.2. The summed E-state index contributed by atoms with van der Waals surface area (Å²) in [5.41, 5.74) is 0. The summed E-state index contributed by atoms with van der Waals surface area (Å²) in [5.74, 6) is 0.534. The molecule has 3 atom stereocenters. The molecular weight excluding hydrogens is 264 g/mol. The molecule has 1 aromatic carbocycles. The van der Waals surface area contributed by atoms with Crippen molar-refractivity contribution < 1.29 is 19.4 Å². The number of aliphatic hydroxyl groups excluding tert-OH is 1. The van der Waals surface area contributed by atoms with Crippen LogP contribution in [0.3, 0.4) is 0 Å². The first-order valence-electron chi connectivity index (χ1n) is 6.22. The molecule has 5 heteroatoms. The number of thioether (sulfide) groups is 1. The zero-order chi connectivity index (χ0) is 14.0. The quantitative estimate of drug-likeness (QED) is 0.857. The lowest BCUT2D eigenvalue weighted by Gasteiger charge is -2.18. The number of hydrogen-bond donors (Lipinski definition) is 1. The Morgan fingerprint density at radius 3 is 2.42 bits per heavy atom. The lowest BCUT2D eigenvalue weighted by Crippen LogP contribution is -2.32. The molecule has 1 aromatic rings. The maximum atomic E-state index is 11.8. The minimum absolute atomic E-state index is 0.111. The summed E-state index contributed by atoms with van der Waals surface area (Å²) in [6.45, 7) is 3.86. The average Bonchev–Trinajstić information content (AvgIpc) is 2.68. The van der Waals surface area contributed by atoms with Gasteiger partial charge < -0.3 is 14.6 Å². The first-order valence-corrected chi connectivity index (χ1v) is 7.10. The summed E-state index contributed by atoms with van der Waals surface area (Å²) in [5, 5.41) is 9.61. The molecule has 0 aliphatic carbocycles. The molecule has 1 fully saturated rings. The van der Waals surface area contributed by atoms with E-state index in [0.717, 1.165) is 10.6 Å². The van der Waals surface area contributed by atoms with Gasteiger partial charge in [0.05, 0.1) is 7.11 Å². The van der Waals surface area contributed by atoms with Crippen LogP contribution in [0.5, 0.6) is 5.75 Å². The Kier molecular flexibility index (Phi) is 4.37. The maximum Gasteiger partial charge on any atom is 0.322 e. The topological polar surface area (TPSA) is 55.8 Å². The van der Waals surface area contributed by atoms with E-state index in [2.05, 4.69) is 0 Å². The van der Waals surface area contributed by atoms with Gasteiger partial charge in [-0.05, 0) is 30.2 Å². The molecule has 0 aromatic heterocycles. The van der Waals surface area contributed by atoms with Crippen molar-refractivity contribution in [1.82, 2.24) is 0 Å². The SMILES string of the molecule is COc1ccc(S[C@@H]2C(=O)O[C@H](C(C)C)[C@@H]2O)cc1. The van der Waals surface area contributed by atoms with Gasteiger partial charge in [0.25, 0.3) is 0 Å². The van der Waals surface area contributed by atoms with Crippen LogP contribution in [0.25, 0.3) is 0 Å². The van der Waals surface area contributed by atoms with Crippen LogP contribution in [0, 0.1) is 5.92 Å². The molecule has 0 spiro atoms. The molecule has 0 unspecified atom stereocenters. The van der Waals surface area contributed by atoms with E-state index < -0.39 is 17.5 Å². The smallest absolute Gasteiger partial charge is 0.322 e. The second-order valence-corrected chi connectivity index (χ2v) is 6.07. The molecule has 1 heterocycles. The molecule has 4 nitrogen and oxygen atoms in total. The molecule has 0 saturated carbocycles. The number of esters is 1. The number of carbonyl (C=O) groups excluding carboxylic acids is 1. The number of cyclic esters (lactones) is 1. The van der Waals surface area contributed by atoms with Gasteiger partial charge in [-0.2, -0.15) is 0 Å². The highest BCUT2D eigenvalue weighted by atomic mass is 32.2. The number of methoxy groups -OCH3 is 1. The van der Waals surface area contributed by atoms with Gasteiger partial charge in [0.15, 0.2) is 0 Å². The highest BCUT2D eigenvalue weighted by Crippen LogP contribution is 2.35. The number of benzene rings is 1. The van der Waals surface area contributed by atoms with Crippen molar-refractivity contribution in [2.75, 3.05) is 7.11 Å². The van der Waals surface area contributed by atoms with Crippen molar-refractivity contribution in [2.24, 2.45) is 5.92 Å². The summed E-state index contributed by atoms with van der Waals surface area (Å²) < 4.78 is 10.3. The van der Waals surface area contributed by atoms with Crippen LogP contribution in [0.1, 0.15) is 13.8 Å². The molecule has 2 rings (SSSR count). The average molecular weight is 282 g/mol. The first-order chi connectivity index (χ1) is 9.02. The van der Waals surface area contributed by atoms with E-state index in [9.17, 15) is 9.90 Å². The van der Waals surface area contributed by atoms with E-state index in [4.69, 9.17) is 9.47 Å². The van der Waals surface area contributed by atoms with Crippen molar-refractivity contribution in [3.63, 3.8) is 0 Å². The Balaban J connectivity index is 2.07. The van der Waals surface area contributed by atoms with Crippen LogP contribution in [0.4, 0.5) is 0 Å². The lowest BCUT2D eigenvalue weighted by atomic mass is 10.0. The van der Waals surface area contributed by atoms with Gasteiger partial charge in [0.1, 0.15) is 23.2 Å². The Bertz CT molecular complexity index is 443. The first kappa shape index (κ1) is 14.2. The predicted octanol–water partition coefficient (Wildman–Crippen LogP) is 2.10. The van der Waals surface area contributed by atoms with E-state index in [0.29, 0.717) is 0 Å². The normalized spacial score (nSPS) is 26.6. The van der Waals surface area contributed by atoms with E-state index in [1.54, 1.807) is 7.11 Å². The third-order valence-corrected chi connectivity index (χ3v) is 4.38. The lowest BCUT2D eigenvalue weighted by molar-refractivity contribution is -0.143. The second-order valence-electron chi connectivity index (χ2n) is 4.85. The fraction of sp³-hybridized carbons (Fsp3) is 0.500. The fourth-order valence-electron chi connectivity index (χ4n) is 2.03. The number of aliphatic hydroxyl groups is 1. The standard InChI is InChI=1S/C14H18O4S/c1-8(2)12-11(15)13(14(16)18-12)19-10-6-4-9(17-3)5-7-10/h4-8,11-13,15H,1-3H3/t11-,12+,13-/m0/s1. The molecular formula is C14H18O4S. The number of ether oxygens (including phenoxy) is 2. The summed E-state index contributed by atoms with van der Waals surface area (Å²) in [7, 11) is 1.60. The molecule has 1 aliphatic heterocycles. The Morgan fingerprint density at radius 1 is 1.32 bits per heavy atom. The van der Waals surface area contributed by atoms with Crippen LogP contribution in [-0.4, -0.2) is 35.6 Å². The molecule has 0 bridgehead atoms. The summed E-state index contributed by atoms with van der Waals surface area (Å²) >= 11 is 1.33. The van der Waals surface area contributed by atoms with Gasteiger partial charge in [0, 0.05) is 4.90 Å². The largest absolute Gasteiger partial charge is 0.497 e. The summed E-state index contributed by atoms with van der Waals surface area (Å²) in [6.07, 6.45) is -1.18. The molecule has 1 saturated heterocycles. The molecule has 104 valence electrons. The van der Waals surface area contributed by atoms with Crippen molar-refractivity contribution in [3.05, 3.63) is 24.3 Å². The Labute approximate surface area is 117 Å². The van der Waals surface area contributed by atoms with E-state index >= 15 is 0 Å². The van der Waals surface area contributed by atoms with E-state index in [-0.39, 0.29) is 11.9 Å². The molecule has 0 radical (unpaired) electrons. The monoisotopic (exact) mass is 282 g/mol. The molecule has 1 N–H and O–H groups in total. The number of hydrogen-bond acceptors (Lipinski definition) is 5. The van der Waals surface area contributed by atoms with Gasteiger partial charge in [-0.25, -0.2) is 0 Å². The molecule has 1 aliphatic rings. The third-order valence-electron chi connectivity index (χ3n) is 3.11. The van der Waals surface area contributed by atoms with E-state index in [1.807, 2.05) is 38.1 Å².